The van der Waals surface area contributed by atoms with E-state index in [-0.39, 0.29) is 18.1 Å². The molecule has 1 aliphatic carbocycles. The van der Waals surface area contributed by atoms with E-state index in [4.69, 9.17) is 0 Å². The highest BCUT2D eigenvalue weighted by atomic mass is 32.2. The molecule has 0 bridgehead atoms. The van der Waals surface area contributed by atoms with Gasteiger partial charge in [-0.1, -0.05) is 19.3 Å². The third-order valence-corrected chi connectivity index (χ3v) is 4.92. The molecule has 0 heterocycles. The van der Waals surface area contributed by atoms with Crippen molar-refractivity contribution in [3.63, 3.8) is 0 Å². The summed E-state index contributed by atoms with van der Waals surface area (Å²) < 4.78 is 12.8. The van der Waals surface area contributed by atoms with Crippen LogP contribution in [0.2, 0.25) is 0 Å². The van der Waals surface area contributed by atoms with Gasteiger partial charge in [0, 0.05) is 17.1 Å². The highest BCUT2D eigenvalue weighted by molar-refractivity contribution is 7.99. The number of thioether (sulfide) groups is 1. The molecule has 0 aliphatic heterocycles. The summed E-state index contributed by atoms with van der Waals surface area (Å²) in [6.07, 6.45) is 3.93. The average Bonchev–Trinajstić information content (AvgIpc) is 2.50. The lowest BCUT2D eigenvalue weighted by atomic mass is 9.81. The Labute approximate surface area is 133 Å². The normalized spacial score (nSPS) is 17.0. The monoisotopic (exact) mass is 325 g/mol. The summed E-state index contributed by atoms with van der Waals surface area (Å²) in [7, 11) is 0. The minimum absolute atomic E-state index is 0.237. The molecule has 0 radical (unpaired) electrons. The van der Waals surface area contributed by atoms with Gasteiger partial charge < -0.3 is 10.4 Å². The van der Waals surface area contributed by atoms with Crippen molar-refractivity contribution in [2.45, 2.75) is 49.0 Å². The summed E-state index contributed by atoms with van der Waals surface area (Å²) in [5, 5.41) is 12.1. The fourth-order valence-electron chi connectivity index (χ4n) is 2.67. The number of hydrogen-bond acceptors (Lipinski definition) is 3. The molecular formula is C16H20FNO3S. The standard InChI is InChI=1S/C16H20FNO3S/c17-12-4-6-13(7-5-12)22-11-8-14(19)18-16(15(20)21)9-2-1-3-10-16/h4-7H,1-3,8-11H2,(H,18,19)(H,20,21). The van der Waals surface area contributed by atoms with E-state index < -0.39 is 11.5 Å². The van der Waals surface area contributed by atoms with Crippen molar-refractivity contribution < 1.29 is 19.1 Å². The van der Waals surface area contributed by atoms with E-state index in [9.17, 15) is 19.1 Å². The van der Waals surface area contributed by atoms with E-state index in [1.54, 1.807) is 12.1 Å². The SMILES string of the molecule is O=C(CCSc1ccc(F)cc1)NC1(C(=O)O)CCCCC1. The van der Waals surface area contributed by atoms with Gasteiger partial charge in [-0.25, -0.2) is 9.18 Å². The number of carbonyl (C=O) groups excluding carboxylic acids is 1. The van der Waals surface area contributed by atoms with Crippen molar-refractivity contribution in [1.29, 1.82) is 0 Å². The van der Waals surface area contributed by atoms with Crippen molar-refractivity contribution in [1.82, 2.24) is 5.32 Å². The van der Waals surface area contributed by atoms with Crippen LogP contribution < -0.4 is 5.32 Å². The number of aliphatic carboxylic acids is 1. The largest absolute Gasteiger partial charge is 0.480 e. The van der Waals surface area contributed by atoms with Gasteiger partial charge in [0.15, 0.2) is 0 Å². The molecule has 0 saturated heterocycles. The summed E-state index contributed by atoms with van der Waals surface area (Å²) in [4.78, 5) is 24.4. The van der Waals surface area contributed by atoms with Gasteiger partial charge >= 0.3 is 5.97 Å². The summed E-state index contributed by atoms with van der Waals surface area (Å²) in [5.74, 6) is -0.930. The zero-order valence-corrected chi connectivity index (χ0v) is 13.1. The molecule has 22 heavy (non-hydrogen) atoms. The fourth-order valence-corrected chi connectivity index (χ4v) is 3.52. The van der Waals surface area contributed by atoms with E-state index in [0.29, 0.717) is 18.6 Å². The molecule has 1 saturated carbocycles. The van der Waals surface area contributed by atoms with Gasteiger partial charge in [-0.3, -0.25) is 4.79 Å². The Bertz CT molecular complexity index is 527. The first-order valence-electron chi connectivity index (χ1n) is 7.45. The van der Waals surface area contributed by atoms with Crippen molar-refractivity contribution in [3.8, 4) is 0 Å². The Morgan fingerprint density at radius 1 is 1.18 bits per heavy atom. The molecule has 0 aromatic heterocycles. The Balaban J connectivity index is 1.81. The molecular weight excluding hydrogens is 305 g/mol. The number of benzene rings is 1. The quantitative estimate of drug-likeness (QED) is 0.788. The fraction of sp³-hybridized carbons (Fsp3) is 0.500. The van der Waals surface area contributed by atoms with Crippen LogP contribution in [0.3, 0.4) is 0 Å². The second-order valence-electron chi connectivity index (χ2n) is 5.55. The summed E-state index contributed by atoms with van der Waals surface area (Å²) in [5.41, 5.74) is -1.09. The molecule has 1 fully saturated rings. The van der Waals surface area contributed by atoms with Crippen molar-refractivity contribution in [2.75, 3.05) is 5.75 Å². The van der Waals surface area contributed by atoms with Crippen LogP contribution >= 0.6 is 11.8 Å². The summed E-state index contributed by atoms with van der Waals surface area (Å²) in [6, 6.07) is 6.09. The van der Waals surface area contributed by atoms with Gasteiger partial charge in [-0.05, 0) is 37.1 Å². The lowest BCUT2D eigenvalue weighted by Crippen LogP contribution is -2.55. The molecule has 0 atom stereocenters. The number of halogens is 1. The van der Waals surface area contributed by atoms with Gasteiger partial charge in [0.05, 0.1) is 0 Å². The van der Waals surface area contributed by atoms with Gasteiger partial charge in [0.1, 0.15) is 11.4 Å². The van der Waals surface area contributed by atoms with Crippen LogP contribution in [0.25, 0.3) is 0 Å². The zero-order chi connectivity index (χ0) is 16.0. The third-order valence-electron chi connectivity index (χ3n) is 3.91. The molecule has 120 valence electrons. The van der Waals surface area contributed by atoms with Crippen LogP contribution in [0, 0.1) is 5.82 Å². The zero-order valence-electron chi connectivity index (χ0n) is 12.3. The molecule has 1 aromatic carbocycles. The molecule has 1 amide bonds. The van der Waals surface area contributed by atoms with Crippen LogP contribution in [0.4, 0.5) is 4.39 Å². The smallest absolute Gasteiger partial charge is 0.329 e. The van der Waals surface area contributed by atoms with E-state index >= 15 is 0 Å². The van der Waals surface area contributed by atoms with Crippen LogP contribution in [0.15, 0.2) is 29.2 Å². The first kappa shape index (κ1) is 16.8. The molecule has 2 N–H and O–H groups in total. The van der Waals surface area contributed by atoms with Crippen LogP contribution in [-0.4, -0.2) is 28.3 Å². The number of carboxylic acids is 1. The molecule has 1 aromatic rings. The second kappa shape index (κ2) is 7.63. The topological polar surface area (TPSA) is 66.4 Å². The number of amides is 1. The van der Waals surface area contributed by atoms with Crippen molar-refractivity contribution in [3.05, 3.63) is 30.1 Å². The lowest BCUT2D eigenvalue weighted by molar-refractivity contribution is -0.149. The number of carbonyl (C=O) groups is 2. The molecule has 0 unspecified atom stereocenters. The van der Waals surface area contributed by atoms with Crippen LogP contribution in [-0.2, 0) is 9.59 Å². The minimum Gasteiger partial charge on any atom is -0.480 e. The van der Waals surface area contributed by atoms with Crippen molar-refractivity contribution in [2.24, 2.45) is 0 Å². The van der Waals surface area contributed by atoms with E-state index in [1.165, 1.54) is 23.9 Å². The third kappa shape index (κ3) is 4.47. The Morgan fingerprint density at radius 3 is 2.41 bits per heavy atom. The number of hydrogen-bond donors (Lipinski definition) is 2. The van der Waals surface area contributed by atoms with Gasteiger partial charge in [-0.2, -0.15) is 0 Å². The number of rotatable bonds is 6. The second-order valence-corrected chi connectivity index (χ2v) is 6.72. The van der Waals surface area contributed by atoms with E-state index in [1.807, 2.05) is 0 Å². The van der Waals surface area contributed by atoms with E-state index in [0.717, 1.165) is 24.2 Å². The molecule has 2 rings (SSSR count). The predicted molar refractivity (Wildman–Crippen MR) is 83.3 cm³/mol. The van der Waals surface area contributed by atoms with E-state index in [2.05, 4.69) is 5.32 Å². The first-order valence-corrected chi connectivity index (χ1v) is 8.43. The first-order chi connectivity index (χ1) is 10.5. The van der Waals surface area contributed by atoms with Gasteiger partial charge in [0.2, 0.25) is 5.91 Å². The Hall–Kier alpha value is -1.56. The maximum absolute atomic E-state index is 12.8. The molecule has 0 spiro atoms. The van der Waals surface area contributed by atoms with Crippen LogP contribution in [0.5, 0.6) is 0 Å². The molecule has 4 nitrogen and oxygen atoms in total. The lowest BCUT2D eigenvalue weighted by Gasteiger charge is -2.34. The average molecular weight is 325 g/mol. The maximum Gasteiger partial charge on any atom is 0.329 e. The van der Waals surface area contributed by atoms with Gasteiger partial charge in [0.25, 0.3) is 0 Å². The predicted octanol–water partition coefficient (Wildman–Crippen LogP) is 3.21. The highest BCUT2D eigenvalue weighted by Gasteiger charge is 2.40. The Kier molecular flexibility index (Phi) is 5.83. The maximum atomic E-state index is 12.8. The highest BCUT2D eigenvalue weighted by Crippen LogP contribution is 2.28. The van der Waals surface area contributed by atoms with Gasteiger partial charge in [-0.15, -0.1) is 11.8 Å². The summed E-state index contributed by atoms with van der Waals surface area (Å²) >= 11 is 1.45. The van der Waals surface area contributed by atoms with Crippen LogP contribution in [0.1, 0.15) is 38.5 Å². The minimum atomic E-state index is -1.09. The number of carboxylic acid groups (broad SMARTS) is 1. The molecule has 6 heteroatoms. The number of nitrogens with one attached hydrogen (secondary N) is 1. The molecule has 1 aliphatic rings. The van der Waals surface area contributed by atoms with Crippen molar-refractivity contribution >= 4 is 23.6 Å². The Morgan fingerprint density at radius 2 is 1.82 bits per heavy atom. The summed E-state index contributed by atoms with van der Waals surface area (Å²) in [6.45, 7) is 0.